The summed E-state index contributed by atoms with van der Waals surface area (Å²) in [5, 5.41) is 0.437. The summed E-state index contributed by atoms with van der Waals surface area (Å²) in [5.41, 5.74) is 6.70. The molecule has 0 aromatic heterocycles. The average Bonchev–Trinajstić information content (AvgIpc) is 2.39. The first kappa shape index (κ1) is 14.0. The smallest absolute Gasteiger partial charge is 0.307 e. The van der Waals surface area contributed by atoms with Crippen LogP contribution in [-0.2, 0) is 9.53 Å². The Morgan fingerprint density at radius 2 is 2.21 bits per heavy atom. The van der Waals surface area contributed by atoms with Crippen LogP contribution < -0.4 is 15.2 Å². The van der Waals surface area contributed by atoms with Gasteiger partial charge in [0.05, 0.1) is 18.1 Å². The number of hydrogen-bond donors (Lipinski definition) is 1. The van der Waals surface area contributed by atoms with Gasteiger partial charge in [-0.15, -0.1) is 0 Å². The summed E-state index contributed by atoms with van der Waals surface area (Å²) in [6, 6.07) is 2.97. The SMILES string of the molecule is CCOC(=O)C[C@@H](N)c1cc(Cl)c2c(c1)OCCO2. The largest absolute Gasteiger partial charge is 0.486 e. The molecule has 0 spiro atoms. The summed E-state index contributed by atoms with van der Waals surface area (Å²) in [5.74, 6) is 0.758. The molecule has 6 heteroatoms. The van der Waals surface area contributed by atoms with E-state index in [9.17, 15) is 4.79 Å². The van der Waals surface area contributed by atoms with Gasteiger partial charge in [0.15, 0.2) is 11.5 Å². The second-order valence-corrected chi connectivity index (χ2v) is 4.55. The molecule has 1 aromatic rings. The van der Waals surface area contributed by atoms with E-state index in [4.69, 9.17) is 31.5 Å². The van der Waals surface area contributed by atoms with Crippen LogP contribution in [0.5, 0.6) is 11.5 Å². The van der Waals surface area contributed by atoms with E-state index in [2.05, 4.69) is 0 Å². The van der Waals surface area contributed by atoms with Gasteiger partial charge >= 0.3 is 5.97 Å². The first-order valence-corrected chi connectivity index (χ1v) is 6.50. The number of benzene rings is 1. The Bertz CT molecular complexity index is 478. The Kier molecular flexibility index (Phi) is 4.50. The van der Waals surface area contributed by atoms with Crippen LogP contribution in [-0.4, -0.2) is 25.8 Å². The van der Waals surface area contributed by atoms with Crippen molar-refractivity contribution in [2.24, 2.45) is 5.73 Å². The van der Waals surface area contributed by atoms with Crippen LogP contribution in [0.15, 0.2) is 12.1 Å². The van der Waals surface area contributed by atoms with Crippen LogP contribution in [0, 0.1) is 0 Å². The lowest BCUT2D eigenvalue weighted by Gasteiger charge is -2.21. The number of esters is 1. The summed E-state index contributed by atoms with van der Waals surface area (Å²) in [7, 11) is 0. The fraction of sp³-hybridized carbons (Fsp3) is 0.462. The summed E-state index contributed by atoms with van der Waals surface area (Å²) in [6.07, 6.45) is 0.101. The Hall–Kier alpha value is -1.46. The van der Waals surface area contributed by atoms with E-state index in [1.807, 2.05) is 0 Å². The average molecular weight is 286 g/mol. The van der Waals surface area contributed by atoms with Gasteiger partial charge in [-0.2, -0.15) is 0 Å². The molecule has 104 valence electrons. The highest BCUT2D eigenvalue weighted by molar-refractivity contribution is 6.32. The Morgan fingerprint density at radius 3 is 2.95 bits per heavy atom. The molecule has 0 bridgehead atoms. The van der Waals surface area contributed by atoms with Gasteiger partial charge in [0, 0.05) is 6.04 Å². The van der Waals surface area contributed by atoms with Gasteiger partial charge in [0.25, 0.3) is 0 Å². The highest BCUT2D eigenvalue weighted by atomic mass is 35.5. The lowest BCUT2D eigenvalue weighted by Crippen LogP contribution is -2.19. The number of nitrogens with two attached hydrogens (primary N) is 1. The lowest BCUT2D eigenvalue weighted by atomic mass is 10.0. The van der Waals surface area contributed by atoms with Crippen LogP contribution in [0.25, 0.3) is 0 Å². The van der Waals surface area contributed by atoms with Crippen LogP contribution in [0.3, 0.4) is 0 Å². The standard InChI is InChI=1S/C13H16ClNO4/c1-2-17-12(16)7-10(15)8-5-9(14)13-11(6-8)18-3-4-19-13/h5-6,10H,2-4,7,15H2,1H3/t10-/m1/s1. The first-order chi connectivity index (χ1) is 9.11. The third-order valence-corrected chi connectivity index (χ3v) is 3.02. The topological polar surface area (TPSA) is 70.8 Å². The zero-order chi connectivity index (χ0) is 13.8. The van der Waals surface area contributed by atoms with Crippen molar-refractivity contribution in [3.8, 4) is 11.5 Å². The maximum atomic E-state index is 11.4. The van der Waals surface area contributed by atoms with Crippen molar-refractivity contribution >= 4 is 17.6 Å². The van der Waals surface area contributed by atoms with Gasteiger partial charge in [-0.3, -0.25) is 4.79 Å². The molecule has 2 rings (SSSR count). The number of fused-ring (bicyclic) bond motifs is 1. The van der Waals surface area contributed by atoms with Crippen molar-refractivity contribution in [2.75, 3.05) is 19.8 Å². The van der Waals surface area contributed by atoms with Crippen LogP contribution in [0.4, 0.5) is 0 Å². The fourth-order valence-electron chi connectivity index (χ4n) is 1.86. The molecule has 0 saturated heterocycles. The molecule has 0 aliphatic carbocycles. The minimum absolute atomic E-state index is 0.101. The Morgan fingerprint density at radius 1 is 1.47 bits per heavy atom. The maximum absolute atomic E-state index is 11.4. The van der Waals surface area contributed by atoms with E-state index in [0.29, 0.717) is 36.3 Å². The number of carbonyl (C=O) groups is 1. The molecule has 0 radical (unpaired) electrons. The van der Waals surface area contributed by atoms with Crippen molar-refractivity contribution < 1.29 is 19.0 Å². The monoisotopic (exact) mass is 285 g/mol. The van der Waals surface area contributed by atoms with E-state index in [0.717, 1.165) is 5.56 Å². The van der Waals surface area contributed by atoms with Gasteiger partial charge in [-0.05, 0) is 24.6 Å². The molecule has 0 unspecified atom stereocenters. The number of rotatable bonds is 4. The predicted molar refractivity (Wildman–Crippen MR) is 70.6 cm³/mol. The van der Waals surface area contributed by atoms with E-state index in [1.54, 1.807) is 19.1 Å². The van der Waals surface area contributed by atoms with Gasteiger partial charge in [-0.1, -0.05) is 11.6 Å². The molecule has 0 saturated carbocycles. The van der Waals surface area contributed by atoms with Gasteiger partial charge in [0.2, 0.25) is 0 Å². The van der Waals surface area contributed by atoms with Crippen molar-refractivity contribution in [1.29, 1.82) is 0 Å². The van der Waals surface area contributed by atoms with Crippen molar-refractivity contribution in [3.63, 3.8) is 0 Å². The van der Waals surface area contributed by atoms with Gasteiger partial charge in [-0.25, -0.2) is 0 Å². The molecule has 1 aromatic carbocycles. The summed E-state index contributed by atoms with van der Waals surface area (Å²) < 4.78 is 15.8. The van der Waals surface area contributed by atoms with Crippen molar-refractivity contribution in [2.45, 2.75) is 19.4 Å². The third kappa shape index (κ3) is 3.30. The second-order valence-electron chi connectivity index (χ2n) is 4.14. The maximum Gasteiger partial charge on any atom is 0.307 e. The molecular weight excluding hydrogens is 270 g/mol. The molecule has 0 amide bonds. The van der Waals surface area contributed by atoms with Gasteiger partial charge in [0.1, 0.15) is 13.2 Å². The Labute approximate surface area is 116 Å². The summed E-state index contributed by atoms with van der Waals surface area (Å²) >= 11 is 6.11. The fourth-order valence-corrected chi connectivity index (χ4v) is 2.14. The molecule has 1 heterocycles. The summed E-state index contributed by atoms with van der Waals surface area (Å²) in [6.45, 7) is 3.04. The minimum atomic E-state index is -0.479. The van der Waals surface area contributed by atoms with E-state index < -0.39 is 6.04 Å². The van der Waals surface area contributed by atoms with E-state index in [-0.39, 0.29) is 12.4 Å². The quantitative estimate of drug-likeness (QED) is 0.858. The van der Waals surface area contributed by atoms with Gasteiger partial charge < -0.3 is 19.9 Å². The third-order valence-electron chi connectivity index (χ3n) is 2.74. The molecule has 5 nitrogen and oxygen atoms in total. The number of carbonyl (C=O) groups excluding carboxylic acids is 1. The zero-order valence-electron chi connectivity index (χ0n) is 10.6. The van der Waals surface area contributed by atoms with Crippen LogP contribution in [0.2, 0.25) is 5.02 Å². The van der Waals surface area contributed by atoms with Crippen LogP contribution >= 0.6 is 11.6 Å². The second kappa shape index (κ2) is 6.12. The molecule has 1 atom stereocenters. The number of halogens is 1. The molecule has 1 aliphatic heterocycles. The zero-order valence-corrected chi connectivity index (χ0v) is 11.4. The predicted octanol–water partition coefficient (Wildman–Crippen LogP) is 2.06. The number of hydrogen-bond acceptors (Lipinski definition) is 5. The highest BCUT2D eigenvalue weighted by Crippen LogP contribution is 2.39. The molecule has 0 fully saturated rings. The van der Waals surface area contributed by atoms with E-state index in [1.165, 1.54) is 0 Å². The van der Waals surface area contributed by atoms with Crippen LogP contribution in [0.1, 0.15) is 24.9 Å². The lowest BCUT2D eigenvalue weighted by molar-refractivity contribution is -0.143. The van der Waals surface area contributed by atoms with Crippen molar-refractivity contribution in [1.82, 2.24) is 0 Å². The Balaban J connectivity index is 2.16. The number of ether oxygens (including phenoxy) is 3. The van der Waals surface area contributed by atoms with E-state index >= 15 is 0 Å². The normalized spacial score (nSPS) is 14.9. The highest BCUT2D eigenvalue weighted by Gasteiger charge is 2.20. The molecule has 1 aliphatic rings. The first-order valence-electron chi connectivity index (χ1n) is 6.12. The molecule has 19 heavy (non-hydrogen) atoms. The minimum Gasteiger partial charge on any atom is -0.486 e. The summed E-state index contributed by atoms with van der Waals surface area (Å²) in [4.78, 5) is 11.4. The molecular formula is C13H16ClNO4. The molecule has 2 N–H and O–H groups in total. The van der Waals surface area contributed by atoms with Crippen molar-refractivity contribution in [3.05, 3.63) is 22.7 Å².